The average molecular weight is 449 g/mol. The molecular formula is C15H11Cl2IN2O2. The van der Waals surface area contributed by atoms with Gasteiger partial charge in [0, 0.05) is 9.26 Å². The van der Waals surface area contributed by atoms with Gasteiger partial charge in [-0.15, -0.1) is 0 Å². The van der Waals surface area contributed by atoms with E-state index in [0.29, 0.717) is 5.69 Å². The standard InChI is InChI=1S/C15H11Cl2IN2O2/c1-8-7-9(18)5-6-12(8)19-14(21)15(22)20-13-10(16)3-2-4-11(13)17/h2-7H,1H3,(H,19,21)(H,20,22). The molecule has 0 atom stereocenters. The van der Waals surface area contributed by atoms with Gasteiger partial charge in [-0.05, 0) is 65.4 Å². The first-order valence-corrected chi connectivity index (χ1v) is 8.04. The van der Waals surface area contributed by atoms with Gasteiger partial charge in [0.1, 0.15) is 0 Å². The van der Waals surface area contributed by atoms with Gasteiger partial charge in [0.15, 0.2) is 0 Å². The third kappa shape index (κ3) is 4.12. The number of carbonyl (C=O) groups excluding carboxylic acids is 2. The fourth-order valence-corrected chi connectivity index (χ4v) is 2.87. The first kappa shape index (κ1) is 17.1. The summed E-state index contributed by atoms with van der Waals surface area (Å²) >= 11 is 14.1. The van der Waals surface area contributed by atoms with E-state index in [4.69, 9.17) is 23.2 Å². The van der Waals surface area contributed by atoms with Gasteiger partial charge in [-0.25, -0.2) is 0 Å². The zero-order chi connectivity index (χ0) is 16.3. The average Bonchev–Trinajstić information content (AvgIpc) is 2.45. The lowest BCUT2D eigenvalue weighted by Crippen LogP contribution is -2.29. The number of benzene rings is 2. The Kier molecular flexibility index (Phi) is 5.66. The smallest absolute Gasteiger partial charge is 0.314 e. The van der Waals surface area contributed by atoms with E-state index in [0.717, 1.165) is 9.13 Å². The predicted octanol–water partition coefficient (Wildman–Crippen LogP) is 4.48. The normalized spacial score (nSPS) is 10.2. The van der Waals surface area contributed by atoms with Crippen molar-refractivity contribution in [3.63, 3.8) is 0 Å². The zero-order valence-electron chi connectivity index (χ0n) is 11.4. The Balaban J connectivity index is 2.11. The highest BCUT2D eigenvalue weighted by atomic mass is 127. The highest BCUT2D eigenvalue weighted by Crippen LogP contribution is 2.29. The second-order valence-corrected chi connectivity index (χ2v) is 6.52. The molecule has 0 aromatic heterocycles. The number of hydrogen-bond donors (Lipinski definition) is 2. The van der Waals surface area contributed by atoms with E-state index in [9.17, 15) is 9.59 Å². The molecule has 114 valence electrons. The maximum absolute atomic E-state index is 12.0. The molecule has 0 spiro atoms. The third-order valence-electron chi connectivity index (χ3n) is 2.84. The van der Waals surface area contributed by atoms with Crippen molar-refractivity contribution >= 4 is 69.0 Å². The molecule has 2 aromatic carbocycles. The van der Waals surface area contributed by atoms with Crippen LogP contribution in [0.25, 0.3) is 0 Å². The minimum Gasteiger partial charge on any atom is -0.318 e. The Morgan fingerprint density at radius 2 is 1.59 bits per heavy atom. The number of hydrogen-bond acceptors (Lipinski definition) is 2. The number of amides is 2. The second kappa shape index (κ2) is 7.30. The molecule has 2 aromatic rings. The van der Waals surface area contributed by atoms with Crippen molar-refractivity contribution < 1.29 is 9.59 Å². The molecule has 0 aliphatic carbocycles. The van der Waals surface area contributed by atoms with Crippen LogP contribution in [0.2, 0.25) is 10.0 Å². The number of rotatable bonds is 2. The third-order valence-corrected chi connectivity index (χ3v) is 4.15. The summed E-state index contributed by atoms with van der Waals surface area (Å²) in [4.78, 5) is 23.9. The van der Waals surface area contributed by atoms with Crippen LogP contribution < -0.4 is 10.6 Å². The first-order valence-electron chi connectivity index (χ1n) is 6.21. The fourth-order valence-electron chi connectivity index (χ4n) is 1.73. The molecule has 2 amide bonds. The molecule has 2 rings (SSSR count). The minimum absolute atomic E-state index is 0.213. The summed E-state index contributed by atoms with van der Waals surface area (Å²) in [5, 5.41) is 5.49. The highest BCUT2D eigenvalue weighted by Gasteiger charge is 2.17. The van der Waals surface area contributed by atoms with E-state index in [1.807, 2.05) is 19.1 Å². The number of halogens is 3. The molecule has 22 heavy (non-hydrogen) atoms. The van der Waals surface area contributed by atoms with Gasteiger partial charge in [0.05, 0.1) is 15.7 Å². The maximum Gasteiger partial charge on any atom is 0.314 e. The fraction of sp³-hybridized carbons (Fsp3) is 0.0667. The van der Waals surface area contributed by atoms with Crippen molar-refractivity contribution in [3.8, 4) is 0 Å². The van der Waals surface area contributed by atoms with Gasteiger partial charge in [-0.2, -0.15) is 0 Å². The van der Waals surface area contributed by atoms with Crippen molar-refractivity contribution in [2.24, 2.45) is 0 Å². The Morgan fingerprint density at radius 1 is 1.00 bits per heavy atom. The van der Waals surface area contributed by atoms with Crippen LogP contribution in [0, 0.1) is 10.5 Å². The molecule has 2 N–H and O–H groups in total. The summed E-state index contributed by atoms with van der Waals surface area (Å²) in [6, 6.07) is 10.3. The van der Waals surface area contributed by atoms with Gasteiger partial charge in [0.2, 0.25) is 0 Å². The zero-order valence-corrected chi connectivity index (χ0v) is 15.1. The molecule has 0 radical (unpaired) electrons. The van der Waals surface area contributed by atoms with Gasteiger partial charge in [-0.1, -0.05) is 29.3 Å². The van der Waals surface area contributed by atoms with Crippen LogP contribution in [-0.4, -0.2) is 11.8 Å². The molecule has 0 aliphatic rings. The van der Waals surface area contributed by atoms with E-state index >= 15 is 0 Å². The molecule has 0 unspecified atom stereocenters. The van der Waals surface area contributed by atoms with Crippen molar-refractivity contribution in [2.75, 3.05) is 10.6 Å². The molecule has 0 bridgehead atoms. The lowest BCUT2D eigenvalue weighted by molar-refractivity contribution is -0.133. The van der Waals surface area contributed by atoms with Gasteiger partial charge in [-0.3, -0.25) is 9.59 Å². The summed E-state index contributed by atoms with van der Waals surface area (Å²) in [6.45, 7) is 1.85. The van der Waals surface area contributed by atoms with Gasteiger partial charge < -0.3 is 10.6 Å². The van der Waals surface area contributed by atoms with Crippen molar-refractivity contribution in [2.45, 2.75) is 6.92 Å². The summed E-state index contributed by atoms with van der Waals surface area (Å²) in [7, 11) is 0. The number of carbonyl (C=O) groups is 2. The summed E-state index contributed by atoms with van der Waals surface area (Å²) < 4.78 is 1.04. The topological polar surface area (TPSA) is 58.2 Å². The second-order valence-electron chi connectivity index (χ2n) is 4.46. The number of anilines is 2. The van der Waals surface area contributed by atoms with Crippen LogP contribution in [0.1, 0.15) is 5.56 Å². The summed E-state index contributed by atoms with van der Waals surface area (Å²) in [5.74, 6) is -1.63. The van der Waals surface area contributed by atoms with Crippen LogP contribution in [0.3, 0.4) is 0 Å². The Labute approximate surface area is 151 Å². The van der Waals surface area contributed by atoms with Crippen LogP contribution in [-0.2, 0) is 9.59 Å². The van der Waals surface area contributed by atoms with Crippen molar-refractivity contribution in [3.05, 3.63) is 55.6 Å². The maximum atomic E-state index is 12.0. The van der Waals surface area contributed by atoms with E-state index in [2.05, 4.69) is 33.2 Å². The molecule has 0 saturated heterocycles. The van der Waals surface area contributed by atoms with Crippen LogP contribution in [0.5, 0.6) is 0 Å². The highest BCUT2D eigenvalue weighted by molar-refractivity contribution is 14.1. The Hall–Kier alpha value is -1.31. The largest absolute Gasteiger partial charge is 0.318 e. The van der Waals surface area contributed by atoms with Crippen LogP contribution >= 0.6 is 45.8 Å². The number of nitrogens with one attached hydrogen (secondary N) is 2. The van der Waals surface area contributed by atoms with E-state index in [1.165, 1.54) is 0 Å². The number of para-hydroxylation sites is 1. The number of aryl methyl sites for hydroxylation is 1. The van der Waals surface area contributed by atoms with Crippen LogP contribution in [0.4, 0.5) is 11.4 Å². The van der Waals surface area contributed by atoms with E-state index in [-0.39, 0.29) is 15.7 Å². The van der Waals surface area contributed by atoms with E-state index in [1.54, 1.807) is 24.3 Å². The Bertz CT molecular complexity index is 730. The SMILES string of the molecule is Cc1cc(I)ccc1NC(=O)C(=O)Nc1c(Cl)cccc1Cl. The monoisotopic (exact) mass is 448 g/mol. The lowest BCUT2D eigenvalue weighted by Gasteiger charge is -2.11. The molecule has 4 nitrogen and oxygen atoms in total. The molecular weight excluding hydrogens is 438 g/mol. The van der Waals surface area contributed by atoms with Crippen LogP contribution in [0.15, 0.2) is 36.4 Å². The summed E-state index contributed by atoms with van der Waals surface area (Å²) in [5.41, 5.74) is 1.65. The first-order chi connectivity index (χ1) is 10.4. The summed E-state index contributed by atoms with van der Waals surface area (Å²) in [6.07, 6.45) is 0. The van der Waals surface area contributed by atoms with Gasteiger partial charge >= 0.3 is 11.8 Å². The molecule has 0 heterocycles. The lowest BCUT2D eigenvalue weighted by atomic mass is 10.2. The molecule has 0 fully saturated rings. The van der Waals surface area contributed by atoms with Crippen molar-refractivity contribution in [1.29, 1.82) is 0 Å². The molecule has 7 heteroatoms. The van der Waals surface area contributed by atoms with Crippen molar-refractivity contribution in [1.82, 2.24) is 0 Å². The minimum atomic E-state index is -0.840. The van der Waals surface area contributed by atoms with E-state index < -0.39 is 11.8 Å². The molecule has 0 aliphatic heterocycles. The van der Waals surface area contributed by atoms with Gasteiger partial charge in [0.25, 0.3) is 0 Å². The Morgan fingerprint density at radius 3 is 2.18 bits per heavy atom. The quantitative estimate of drug-likeness (QED) is 0.525. The predicted molar refractivity (Wildman–Crippen MR) is 97.6 cm³/mol. The molecule has 0 saturated carbocycles.